The van der Waals surface area contributed by atoms with E-state index in [0.29, 0.717) is 7.05 Å². The minimum atomic E-state index is -5.66. The smallest absolute Gasteiger partial charge is 0.445 e. The first kappa shape index (κ1) is 19.1. The Morgan fingerprint density at radius 2 is 1.52 bits per heavy atom. The van der Waals surface area contributed by atoms with E-state index in [0.717, 1.165) is 0 Å². The minimum Gasteiger partial charge on any atom is -0.451 e. The third kappa shape index (κ3) is 6.90. The van der Waals surface area contributed by atoms with Gasteiger partial charge in [-0.25, -0.2) is 9.18 Å². The molecule has 0 radical (unpaired) electrons. The number of halogens is 8. The third-order valence-corrected chi connectivity index (χ3v) is 1.75. The normalized spacial score (nSPS) is 13.6. The van der Waals surface area contributed by atoms with Gasteiger partial charge in [-0.05, 0) is 0 Å². The predicted molar refractivity (Wildman–Crippen MR) is 49.9 cm³/mol. The zero-order chi connectivity index (χ0) is 17.0. The highest BCUT2D eigenvalue weighted by Gasteiger charge is 2.39. The van der Waals surface area contributed by atoms with Crippen LogP contribution in [-0.4, -0.2) is 49.3 Å². The van der Waals surface area contributed by atoms with E-state index < -0.39 is 49.0 Å². The van der Waals surface area contributed by atoms with Crippen molar-refractivity contribution in [1.29, 1.82) is 0 Å². The zero-order valence-electron chi connectivity index (χ0n) is 10.1. The van der Waals surface area contributed by atoms with Crippen molar-refractivity contribution in [3.8, 4) is 0 Å². The van der Waals surface area contributed by atoms with Crippen LogP contribution in [-0.2, 0) is 14.3 Å². The number of allylic oxidation sites excluding steroid dienone is 1. The lowest BCUT2D eigenvalue weighted by molar-refractivity contribution is -0.170. The van der Waals surface area contributed by atoms with Gasteiger partial charge in [-0.15, -0.1) is 0 Å². The fourth-order valence-electron chi connectivity index (χ4n) is 0.904. The third-order valence-electron chi connectivity index (χ3n) is 1.75. The fraction of sp³-hybridized carbons (Fsp3) is 0.556. The average Bonchev–Trinajstić information content (AvgIpc) is 2.30. The predicted octanol–water partition coefficient (Wildman–Crippen LogP) is 2.26. The molecule has 0 spiro atoms. The van der Waals surface area contributed by atoms with E-state index in [1.54, 1.807) is 0 Å². The topological polar surface area (TPSA) is 46.6 Å². The molecule has 0 aliphatic heterocycles. The number of hydrogen-bond donors (Lipinski definition) is 0. The van der Waals surface area contributed by atoms with Crippen molar-refractivity contribution in [3.63, 3.8) is 0 Å². The summed E-state index contributed by atoms with van der Waals surface area (Å²) in [5.74, 6) is -9.65. The molecule has 21 heavy (non-hydrogen) atoms. The van der Waals surface area contributed by atoms with Crippen LogP contribution >= 0.6 is 0 Å². The molecule has 0 bridgehead atoms. The van der Waals surface area contributed by atoms with Crippen molar-refractivity contribution in [2.45, 2.75) is 12.4 Å². The second-order valence-corrected chi connectivity index (χ2v) is 3.57. The number of amides is 1. The number of likely N-dealkylation sites (N-methyl/N-ethyl adjacent to an activating group) is 1. The van der Waals surface area contributed by atoms with Crippen LogP contribution in [0.25, 0.3) is 0 Å². The van der Waals surface area contributed by atoms with Crippen LogP contribution in [0.1, 0.15) is 0 Å². The first-order valence-corrected chi connectivity index (χ1v) is 4.86. The van der Waals surface area contributed by atoms with Gasteiger partial charge >= 0.3 is 24.2 Å². The van der Waals surface area contributed by atoms with Gasteiger partial charge in [-0.3, -0.25) is 4.79 Å². The van der Waals surface area contributed by atoms with Crippen LogP contribution < -0.4 is 0 Å². The molecule has 0 aromatic rings. The summed E-state index contributed by atoms with van der Waals surface area (Å²) in [5.41, 5.74) is 0. The highest BCUT2D eigenvalue weighted by atomic mass is 19.4. The van der Waals surface area contributed by atoms with Crippen LogP contribution in [0.2, 0.25) is 0 Å². The fourth-order valence-corrected chi connectivity index (χ4v) is 0.904. The van der Waals surface area contributed by atoms with Crippen LogP contribution in [0.5, 0.6) is 0 Å². The molecule has 4 nitrogen and oxygen atoms in total. The van der Waals surface area contributed by atoms with Gasteiger partial charge in [0.1, 0.15) is 13.2 Å². The molecule has 0 saturated carbocycles. The standard InChI is InChI=1S/C9H7F8NO3/c1-18(3-8(12,13)14)6(19)7(20)21-2-4(10)5(11)9(15,16)17/h2-3H2,1H3/b5-4+. The quantitative estimate of drug-likeness (QED) is 0.453. The molecule has 0 atom stereocenters. The molecular formula is C9H7F8NO3. The maximum absolute atomic E-state index is 12.6. The van der Waals surface area contributed by atoms with Crippen molar-refractivity contribution in [2.75, 3.05) is 20.2 Å². The van der Waals surface area contributed by atoms with Gasteiger partial charge in [0, 0.05) is 7.05 Å². The summed E-state index contributed by atoms with van der Waals surface area (Å²) in [6.07, 6.45) is -10.5. The van der Waals surface area contributed by atoms with E-state index in [2.05, 4.69) is 4.74 Å². The number of hydrogen-bond acceptors (Lipinski definition) is 3. The summed E-state index contributed by atoms with van der Waals surface area (Å²) in [5, 5.41) is 0. The molecule has 0 aromatic heterocycles. The van der Waals surface area contributed by atoms with Crippen molar-refractivity contribution >= 4 is 11.9 Å². The van der Waals surface area contributed by atoms with E-state index in [1.807, 2.05) is 0 Å². The first-order chi connectivity index (χ1) is 9.25. The molecule has 0 N–H and O–H groups in total. The zero-order valence-corrected chi connectivity index (χ0v) is 10.1. The second-order valence-electron chi connectivity index (χ2n) is 3.57. The number of rotatable bonds is 3. The number of esters is 1. The molecule has 0 saturated heterocycles. The second kappa shape index (κ2) is 6.72. The van der Waals surface area contributed by atoms with Crippen molar-refractivity contribution in [1.82, 2.24) is 4.90 Å². The van der Waals surface area contributed by atoms with Gasteiger partial charge in [-0.2, -0.15) is 30.7 Å². The molecule has 0 aliphatic rings. The number of nitrogens with zero attached hydrogens (tertiary/aromatic N) is 1. The Labute approximate surface area is 111 Å². The van der Waals surface area contributed by atoms with E-state index in [1.165, 1.54) is 0 Å². The molecule has 0 rings (SSSR count). The van der Waals surface area contributed by atoms with Gasteiger partial charge in [0.15, 0.2) is 5.83 Å². The Balaban J connectivity index is 4.62. The van der Waals surface area contributed by atoms with Crippen molar-refractivity contribution < 1.29 is 49.4 Å². The molecule has 0 aliphatic carbocycles. The number of ether oxygens (including phenoxy) is 1. The minimum absolute atomic E-state index is 0.149. The van der Waals surface area contributed by atoms with Gasteiger partial charge in [0.2, 0.25) is 5.83 Å². The Kier molecular flexibility index (Phi) is 6.12. The number of alkyl halides is 6. The lowest BCUT2D eigenvalue weighted by Gasteiger charge is -2.17. The molecule has 0 heterocycles. The highest BCUT2D eigenvalue weighted by molar-refractivity contribution is 6.32. The Hall–Kier alpha value is -1.88. The maximum atomic E-state index is 12.6. The Morgan fingerprint density at radius 1 is 1.05 bits per heavy atom. The lowest BCUT2D eigenvalue weighted by atomic mass is 10.4. The van der Waals surface area contributed by atoms with Gasteiger partial charge in [0.05, 0.1) is 0 Å². The SMILES string of the molecule is CN(CC(F)(F)F)C(=O)C(=O)OC/C(F)=C(\F)C(F)(F)F. The average molecular weight is 329 g/mol. The van der Waals surface area contributed by atoms with E-state index in [9.17, 15) is 44.7 Å². The summed E-state index contributed by atoms with van der Waals surface area (Å²) in [6, 6.07) is 0. The Bertz CT molecular complexity index is 439. The van der Waals surface area contributed by atoms with E-state index in [-0.39, 0.29) is 4.90 Å². The van der Waals surface area contributed by atoms with E-state index >= 15 is 0 Å². The van der Waals surface area contributed by atoms with E-state index in [4.69, 9.17) is 0 Å². The van der Waals surface area contributed by atoms with Gasteiger partial charge in [-0.1, -0.05) is 0 Å². The summed E-state index contributed by atoms with van der Waals surface area (Å²) >= 11 is 0. The monoisotopic (exact) mass is 329 g/mol. The maximum Gasteiger partial charge on any atom is 0.445 e. The molecule has 122 valence electrons. The molecule has 12 heteroatoms. The Morgan fingerprint density at radius 3 is 1.90 bits per heavy atom. The van der Waals surface area contributed by atoms with Gasteiger partial charge in [0.25, 0.3) is 0 Å². The van der Waals surface area contributed by atoms with Crippen LogP contribution in [0.15, 0.2) is 11.7 Å². The summed E-state index contributed by atoms with van der Waals surface area (Å²) in [6.45, 7) is -3.72. The van der Waals surface area contributed by atoms with Crippen molar-refractivity contribution in [3.05, 3.63) is 11.7 Å². The highest BCUT2D eigenvalue weighted by Crippen LogP contribution is 2.29. The molecular weight excluding hydrogens is 322 g/mol. The first-order valence-electron chi connectivity index (χ1n) is 4.86. The molecule has 0 aromatic carbocycles. The van der Waals surface area contributed by atoms with Crippen LogP contribution in [0.4, 0.5) is 35.1 Å². The number of carbonyl (C=O) groups excluding carboxylic acids is 2. The molecule has 0 fully saturated rings. The summed E-state index contributed by atoms with van der Waals surface area (Å²) in [4.78, 5) is 21.7. The number of carbonyl (C=O) groups is 2. The van der Waals surface area contributed by atoms with Crippen LogP contribution in [0, 0.1) is 0 Å². The summed E-state index contributed by atoms with van der Waals surface area (Å²) < 4.78 is 99.2. The summed E-state index contributed by atoms with van der Waals surface area (Å²) in [7, 11) is 0.555. The van der Waals surface area contributed by atoms with Crippen LogP contribution in [0.3, 0.4) is 0 Å². The molecule has 1 amide bonds. The molecule has 0 unspecified atom stereocenters. The largest absolute Gasteiger partial charge is 0.451 e. The van der Waals surface area contributed by atoms with Gasteiger partial charge < -0.3 is 9.64 Å². The lowest BCUT2D eigenvalue weighted by Crippen LogP contribution is -2.40. The van der Waals surface area contributed by atoms with Crippen molar-refractivity contribution in [2.24, 2.45) is 0 Å².